The van der Waals surface area contributed by atoms with Gasteiger partial charge in [-0.1, -0.05) is 19.8 Å². The maximum atomic E-state index is 12.4. The van der Waals surface area contributed by atoms with Gasteiger partial charge in [0.1, 0.15) is 0 Å². The number of nitrogens with one attached hydrogen (secondary N) is 2. The molecular formula is C20H29N3O4. The molecule has 1 aromatic rings. The lowest BCUT2D eigenvalue weighted by Gasteiger charge is -2.30. The van der Waals surface area contributed by atoms with E-state index in [-0.39, 0.29) is 24.0 Å². The SMILES string of the molecule is COc1ccc(N2C[C@H](NC(=O)N[C@@H]3CCCC[C@@H]3C)CC2=O)cc1OC. The van der Waals surface area contributed by atoms with Crippen molar-refractivity contribution in [3.05, 3.63) is 18.2 Å². The number of ether oxygens (including phenoxy) is 2. The molecule has 7 heteroatoms. The standard InChI is InChI=1S/C20H29N3O4/c1-13-6-4-5-7-16(13)22-20(25)21-14-10-19(24)23(12-14)15-8-9-17(26-2)18(11-15)27-3/h8-9,11,13-14,16H,4-7,10,12H2,1-3H3,(H2,21,22,25)/t13-,14+,16+/m0/s1. The van der Waals surface area contributed by atoms with Crippen LogP contribution in [0.2, 0.25) is 0 Å². The van der Waals surface area contributed by atoms with Gasteiger partial charge in [-0.2, -0.15) is 0 Å². The third-order valence-electron chi connectivity index (χ3n) is 5.57. The van der Waals surface area contributed by atoms with E-state index < -0.39 is 0 Å². The van der Waals surface area contributed by atoms with E-state index in [1.807, 2.05) is 6.07 Å². The highest BCUT2D eigenvalue weighted by molar-refractivity contribution is 5.97. The smallest absolute Gasteiger partial charge is 0.315 e. The van der Waals surface area contributed by atoms with Crippen molar-refractivity contribution < 1.29 is 19.1 Å². The van der Waals surface area contributed by atoms with Gasteiger partial charge in [-0.3, -0.25) is 4.79 Å². The van der Waals surface area contributed by atoms with E-state index >= 15 is 0 Å². The number of methoxy groups -OCH3 is 2. The summed E-state index contributed by atoms with van der Waals surface area (Å²) in [7, 11) is 3.14. The van der Waals surface area contributed by atoms with Crippen LogP contribution in [0, 0.1) is 5.92 Å². The summed E-state index contributed by atoms with van der Waals surface area (Å²) >= 11 is 0. The second-order valence-electron chi connectivity index (χ2n) is 7.43. The third kappa shape index (κ3) is 4.46. The summed E-state index contributed by atoms with van der Waals surface area (Å²) in [5.41, 5.74) is 0.739. The van der Waals surface area contributed by atoms with E-state index in [0.717, 1.165) is 24.9 Å². The monoisotopic (exact) mass is 375 g/mol. The average Bonchev–Trinajstić information content (AvgIpc) is 3.03. The largest absolute Gasteiger partial charge is 0.493 e. The van der Waals surface area contributed by atoms with Crippen LogP contribution in [0.4, 0.5) is 10.5 Å². The van der Waals surface area contributed by atoms with Crippen molar-refractivity contribution in [2.45, 2.75) is 51.1 Å². The molecule has 0 unspecified atom stereocenters. The summed E-state index contributed by atoms with van der Waals surface area (Å²) in [6.07, 6.45) is 4.86. The zero-order valence-corrected chi connectivity index (χ0v) is 16.3. The van der Waals surface area contributed by atoms with Crippen molar-refractivity contribution >= 4 is 17.6 Å². The zero-order valence-electron chi connectivity index (χ0n) is 16.3. The fraction of sp³-hybridized carbons (Fsp3) is 0.600. The number of hydrogen-bond donors (Lipinski definition) is 2. The molecule has 0 aromatic heterocycles. The summed E-state index contributed by atoms with van der Waals surface area (Å²) in [5, 5.41) is 6.04. The molecule has 27 heavy (non-hydrogen) atoms. The molecule has 2 fully saturated rings. The molecule has 1 aliphatic carbocycles. The Kier molecular flexibility index (Phi) is 6.08. The first kappa shape index (κ1) is 19.3. The second kappa shape index (κ2) is 8.50. The van der Waals surface area contributed by atoms with Gasteiger partial charge in [0.15, 0.2) is 11.5 Å². The highest BCUT2D eigenvalue weighted by Crippen LogP contribution is 2.33. The fourth-order valence-electron chi connectivity index (χ4n) is 3.97. The number of urea groups is 1. The lowest BCUT2D eigenvalue weighted by atomic mass is 9.86. The molecule has 1 aromatic carbocycles. The molecule has 1 saturated heterocycles. The molecule has 1 heterocycles. The van der Waals surface area contributed by atoms with Crippen molar-refractivity contribution in [3.63, 3.8) is 0 Å². The van der Waals surface area contributed by atoms with Gasteiger partial charge in [-0.15, -0.1) is 0 Å². The molecule has 3 amide bonds. The second-order valence-corrected chi connectivity index (χ2v) is 7.43. The van der Waals surface area contributed by atoms with Crippen LogP contribution in [0.15, 0.2) is 18.2 Å². The van der Waals surface area contributed by atoms with E-state index in [1.165, 1.54) is 6.42 Å². The van der Waals surface area contributed by atoms with Gasteiger partial charge in [0, 0.05) is 30.8 Å². The van der Waals surface area contributed by atoms with Crippen molar-refractivity contribution in [1.29, 1.82) is 0 Å². The Hall–Kier alpha value is -2.44. The molecule has 148 valence electrons. The van der Waals surface area contributed by atoms with Crippen molar-refractivity contribution in [2.24, 2.45) is 5.92 Å². The average molecular weight is 375 g/mol. The van der Waals surface area contributed by atoms with E-state index in [2.05, 4.69) is 17.6 Å². The van der Waals surface area contributed by atoms with Crippen molar-refractivity contribution in [3.8, 4) is 11.5 Å². The maximum Gasteiger partial charge on any atom is 0.315 e. The minimum absolute atomic E-state index is 0.0152. The number of rotatable bonds is 5. The quantitative estimate of drug-likeness (QED) is 0.829. The van der Waals surface area contributed by atoms with Gasteiger partial charge in [-0.05, 0) is 30.9 Å². The van der Waals surface area contributed by atoms with Crippen LogP contribution in [-0.4, -0.2) is 44.8 Å². The van der Waals surface area contributed by atoms with Gasteiger partial charge < -0.3 is 25.0 Å². The van der Waals surface area contributed by atoms with E-state index in [0.29, 0.717) is 30.4 Å². The predicted molar refractivity (Wildman–Crippen MR) is 103 cm³/mol. The summed E-state index contributed by atoms with van der Waals surface area (Å²) in [6, 6.07) is 5.22. The number of anilines is 1. The van der Waals surface area contributed by atoms with E-state index in [9.17, 15) is 9.59 Å². The van der Waals surface area contributed by atoms with Crippen molar-refractivity contribution in [1.82, 2.24) is 10.6 Å². The van der Waals surface area contributed by atoms with Crippen LogP contribution >= 0.6 is 0 Å². The molecule has 0 bridgehead atoms. The Morgan fingerprint density at radius 1 is 1.11 bits per heavy atom. The lowest BCUT2D eigenvalue weighted by molar-refractivity contribution is -0.117. The normalized spacial score (nSPS) is 25.2. The number of benzene rings is 1. The summed E-state index contributed by atoms with van der Waals surface area (Å²) in [5.74, 6) is 1.67. The first-order valence-corrected chi connectivity index (χ1v) is 9.61. The molecule has 7 nitrogen and oxygen atoms in total. The Balaban J connectivity index is 1.59. The molecular weight excluding hydrogens is 346 g/mol. The van der Waals surface area contributed by atoms with Gasteiger partial charge >= 0.3 is 6.03 Å². The molecule has 2 aliphatic rings. The highest BCUT2D eigenvalue weighted by Gasteiger charge is 2.33. The number of carbonyl (C=O) groups excluding carboxylic acids is 2. The highest BCUT2D eigenvalue weighted by atomic mass is 16.5. The Bertz CT molecular complexity index is 694. The number of carbonyl (C=O) groups is 2. The van der Waals surface area contributed by atoms with Crippen LogP contribution in [0.5, 0.6) is 11.5 Å². The fourth-order valence-corrected chi connectivity index (χ4v) is 3.97. The topological polar surface area (TPSA) is 79.9 Å². The van der Waals surface area contributed by atoms with Crippen LogP contribution in [0.3, 0.4) is 0 Å². The molecule has 1 saturated carbocycles. The summed E-state index contributed by atoms with van der Waals surface area (Å²) in [6.45, 7) is 2.63. The minimum atomic E-state index is -0.204. The summed E-state index contributed by atoms with van der Waals surface area (Å²) < 4.78 is 10.6. The maximum absolute atomic E-state index is 12.4. The zero-order chi connectivity index (χ0) is 19.4. The molecule has 2 N–H and O–H groups in total. The summed E-state index contributed by atoms with van der Waals surface area (Å²) in [4.78, 5) is 26.5. The molecule has 0 spiro atoms. The van der Waals surface area contributed by atoms with Crippen molar-refractivity contribution in [2.75, 3.05) is 25.7 Å². The van der Waals surface area contributed by atoms with Crippen LogP contribution in [0.1, 0.15) is 39.0 Å². The minimum Gasteiger partial charge on any atom is -0.493 e. The number of nitrogens with zero attached hydrogens (tertiary/aromatic N) is 1. The first-order valence-electron chi connectivity index (χ1n) is 9.61. The third-order valence-corrected chi connectivity index (χ3v) is 5.57. The molecule has 3 rings (SSSR count). The van der Waals surface area contributed by atoms with Gasteiger partial charge in [-0.25, -0.2) is 4.79 Å². The lowest BCUT2D eigenvalue weighted by Crippen LogP contribution is -2.49. The predicted octanol–water partition coefficient (Wildman–Crippen LogP) is 2.69. The van der Waals surface area contributed by atoms with Crippen LogP contribution < -0.4 is 25.0 Å². The van der Waals surface area contributed by atoms with E-state index in [1.54, 1.807) is 31.3 Å². The molecule has 1 aliphatic heterocycles. The number of hydrogen-bond acceptors (Lipinski definition) is 4. The number of amides is 3. The Labute approximate surface area is 160 Å². The first-order chi connectivity index (χ1) is 13.0. The Morgan fingerprint density at radius 2 is 1.85 bits per heavy atom. The van der Waals surface area contributed by atoms with Gasteiger partial charge in [0.05, 0.1) is 20.3 Å². The van der Waals surface area contributed by atoms with Gasteiger partial charge in [0.2, 0.25) is 5.91 Å². The van der Waals surface area contributed by atoms with Crippen LogP contribution in [0.25, 0.3) is 0 Å². The van der Waals surface area contributed by atoms with E-state index in [4.69, 9.17) is 9.47 Å². The molecule has 0 radical (unpaired) electrons. The Morgan fingerprint density at radius 3 is 2.56 bits per heavy atom. The van der Waals surface area contributed by atoms with Crippen LogP contribution in [-0.2, 0) is 4.79 Å². The molecule has 3 atom stereocenters. The van der Waals surface area contributed by atoms with Gasteiger partial charge in [0.25, 0.3) is 0 Å².